The highest BCUT2D eigenvalue weighted by molar-refractivity contribution is 5.71. The summed E-state index contributed by atoms with van der Waals surface area (Å²) in [6, 6.07) is 0. The van der Waals surface area contributed by atoms with Crippen molar-refractivity contribution in [1.82, 2.24) is 19.9 Å². The Morgan fingerprint density at radius 3 is 3.00 bits per heavy atom. The first-order chi connectivity index (χ1) is 5.27. The molecular formula is C7H10N4. The van der Waals surface area contributed by atoms with E-state index in [-0.39, 0.29) is 1.43 Å². The second-order valence-corrected chi connectivity index (χ2v) is 2.46. The van der Waals surface area contributed by atoms with Crippen molar-refractivity contribution in [1.29, 1.82) is 0 Å². The van der Waals surface area contributed by atoms with Crippen LogP contribution < -0.4 is 0 Å². The van der Waals surface area contributed by atoms with Crippen molar-refractivity contribution in [2.24, 2.45) is 0 Å². The van der Waals surface area contributed by atoms with Gasteiger partial charge in [-0.05, 0) is 13.8 Å². The second kappa shape index (κ2) is 2.02. The summed E-state index contributed by atoms with van der Waals surface area (Å²) in [6.07, 6.45) is 1.63. The van der Waals surface area contributed by atoms with Crippen molar-refractivity contribution in [3.05, 3.63) is 17.8 Å². The Morgan fingerprint density at radius 2 is 2.18 bits per heavy atom. The molecule has 0 saturated carbocycles. The van der Waals surface area contributed by atoms with Gasteiger partial charge in [0.05, 0.1) is 12.0 Å². The van der Waals surface area contributed by atoms with Crippen LogP contribution in [0.15, 0.2) is 6.33 Å². The van der Waals surface area contributed by atoms with Gasteiger partial charge in [0.1, 0.15) is 11.3 Å². The van der Waals surface area contributed by atoms with Crippen molar-refractivity contribution in [3.63, 3.8) is 0 Å². The largest absolute Gasteiger partial charge is 0.342 e. The summed E-state index contributed by atoms with van der Waals surface area (Å²) in [7, 11) is 0. The van der Waals surface area contributed by atoms with Crippen LogP contribution in [0.4, 0.5) is 0 Å². The molecule has 58 valence electrons. The van der Waals surface area contributed by atoms with Crippen LogP contribution in [0.2, 0.25) is 0 Å². The average Bonchev–Trinajstić information content (AvgIpc) is 2.34. The van der Waals surface area contributed by atoms with Crippen molar-refractivity contribution < 1.29 is 1.43 Å². The maximum atomic E-state index is 4.19. The van der Waals surface area contributed by atoms with E-state index in [2.05, 4.69) is 19.9 Å². The summed E-state index contributed by atoms with van der Waals surface area (Å²) < 4.78 is 0. The Bertz CT molecular complexity index is 395. The highest BCUT2D eigenvalue weighted by atomic mass is 15.0. The zero-order valence-corrected chi connectivity index (χ0v) is 6.42. The molecule has 0 amide bonds. The number of hydrogen-bond acceptors (Lipinski definition) is 3. The number of aryl methyl sites for hydroxylation is 2. The predicted molar refractivity (Wildman–Crippen MR) is 43.3 cm³/mol. The highest BCUT2D eigenvalue weighted by Gasteiger charge is 2.01. The summed E-state index contributed by atoms with van der Waals surface area (Å²) in [5.74, 6) is 0.766. The van der Waals surface area contributed by atoms with Crippen LogP contribution in [-0.2, 0) is 0 Å². The lowest BCUT2D eigenvalue weighted by Crippen LogP contribution is -1.91. The number of imidazole rings is 1. The lowest BCUT2D eigenvalue weighted by molar-refractivity contribution is 1.04. The van der Waals surface area contributed by atoms with Crippen molar-refractivity contribution in [3.8, 4) is 0 Å². The normalized spacial score (nSPS) is 10.7. The third kappa shape index (κ3) is 0.869. The van der Waals surface area contributed by atoms with Gasteiger partial charge < -0.3 is 4.98 Å². The number of hydrogen-bond donors (Lipinski definition) is 1. The Morgan fingerprint density at radius 1 is 1.36 bits per heavy atom. The maximum absolute atomic E-state index is 4.19. The number of aromatic nitrogens is 4. The lowest BCUT2D eigenvalue weighted by Gasteiger charge is -1.94. The van der Waals surface area contributed by atoms with Gasteiger partial charge in [-0.25, -0.2) is 15.0 Å². The molecule has 4 nitrogen and oxygen atoms in total. The molecule has 0 radical (unpaired) electrons. The number of nitrogens with one attached hydrogen (secondary N) is 1. The Balaban J connectivity index is 0.000000720. The molecule has 0 saturated heterocycles. The molecule has 2 aromatic heterocycles. The smallest absolute Gasteiger partial charge is 0.181 e. The molecule has 0 bridgehead atoms. The monoisotopic (exact) mass is 150 g/mol. The molecule has 0 fully saturated rings. The summed E-state index contributed by atoms with van der Waals surface area (Å²) in [5, 5.41) is 0. The van der Waals surface area contributed by atoms with Crippen LogP contribution in [0.1, 0.15) is 12.9 Å². The van der Waals surface area contributed by atoms with Gasteiger partial charge in [0.25, 0.3) is 0 Å². The molecule has 0 unspecified atom stereocenters. The van der Waals surface area contributed by atoms with Crippen molar-refractivity contribution in [2.75, 3.05) is 0 Å². The first-order valence-electron chi connectivity index (χ1n) is 3.41. The van der Waals surface area contributed by atoms with Crippen LogP contribution in [-0.4, -0.2) is 19.9 Å². The van der Waals surface area contributed by atoms with Crippen molar-refractivity contribution in [2.45, 2.75) is 13.8 Å². The molecule has 2 aromatic rings. The molecule has 0 spiro atoms. The number of aromatic amines is 1. The molecule has 1 N–H and O–H groups in total. The van der Waals surface area contributed by atoms with E-state index in [0.717, 1.165) is 22.7 Å². The molecule has 0 aliphatic rings. The zero-order valence-electron chi connectivity index (χ0n) is 6.42. The van der Waals surface area contributed by atoms with Gasteiger partial charge in [-0.3, -0.25) is 0 Å². The fourth-order valence-corrected chi connectivity index (χ4v) is 1.11. The first kappa shape index (κ1) is 6.27. The minimum atomic E-state index is 0. The van der Waals surface area contributed by atoms with E-state index in [1.165, 1.54) is 0 Å². The molecule has 0 aliphatic carbocycles. The molecule has 2 rings (SSSR count). The number of fused-ring (bicyclic) bond motifs is 1. The Labute approximate surface area is 65.2 Å². The van der Waals surface area contributed by atoms with Crippen LogP contribution in [0.25, 0.3) is 11.2 Å². The summed E-state index contributed by atoms with van der Waals surface area (Å²) in [5.41, 5.74) is 2.62. The van der Waals surface area contributed by atoms with E-state index in [0.29, 0.717) is 0 Å². The van der Waals surface area contributed by atoms with Crippen LogP contribution >= 0.6 is 0 Å². The molecule has 11 heavy (non-hydrogen) atoms. The minimum absolute atomic E-state index is 0. The van der Waals surface area contributed by atoms with E-state index in [1.807, 2.05) is 13.8 Å². The van der Waals surface area contributed by atoms with Gasteiger partial charge in [0, 0.05) is 1.43 Å². The maximum Gasteiger partial charge on any atom is 0.181 e. The average molecular weight is 150 g/mol. The van der Waals surface area contributed by atoms with E-state index >= 15 is 0 Å². The van der Waals surface area contributed by atoms with Crippen LogP contribution in [0.3, 0.4) is 0 Å². The van der Waals surface area contributed by atoms with Crippen LogP contribution in [0, 0.1) is 13.8 Å². The standard InChI is InChI=1S/C7H8N4.H2/c1-4-6-7(9-3-8-6)11-5(2)10-4;/h3H,1-2H3,(H,8,9,10,11);1H. The molecule has 4 heteroatoms. The third-order valence-corrected chi connectivity index (χ3v) is 1.58. The van der Waals surface area contributed by atoms with E-state index < -0.39 is 0 Å². The van der Waals surface area contributed by atoms with Gasteiger partial charge in [-0.1, -0.05) is 0 Å². The predicted octanol–water partition coefficient (Wildman–Crippen LogP) is 1.22. The topological polar surface area (TPSA) is 54.5 Å². The van der Waals surface area contributed by atoms with Crippen molar-refractivity contribution >= 4 is 11.2 Å². The van der Waals surface area contributed by atoms with Crippen LogP contribution in [0.5, 0.6) is 0 Å². The minimum Gasteiger partial charge on any atom is -0.342 e. The Kier molecular flexibility index (Phi) is 1.15. The molecule has 0 aromatic carbocycles. The summed E-state index contributed by atoms with van der Waals surface area (Å²) in [6.45, 7) is 3.80. The SMILES string of the molecule is Cc1nc(C)c2[nH]cnc2n1.[HH]. The molecule has 2 heterocycles. The van der Waals surface area contributed by atoms with Gasteiger partial charge in [0.15, 0.2) is 5.65 Å². The molecular weight excluding hydrogens is 140 g/mol. The second-order valence-electron chi connectivity index (χ2n) is 2.46. The van der Waals surface area contributed by atoms with Gasteiger partial charge in [-0.2, -0.15) is 0 Å². The first-order valence-corrected chi connectivity index (χ1v) is 3.41. The van der Waals surface area contributed by atoms with E-state index in [1.54, 1.807) is 6.33 Å². The number of H-pyrrole nitrogens is 1. The highest BCUT2D eigenvalue weighted by Crippen LogP contribution is 2.08. The number of rotatable bonds is 0. The molecule has 0 atom stereocenters. The van der Waals surface area contributed by atoms with E-state index in [9.17, 15) is 0 Å². The van der Waals surface area contributed by atoms with Gasteiger partial charge in [-0.15, -0.1) is 0 Å². The quantitative estimate of drug-likeness (QED) is 0.614. The lowest BCUT2D eigenvalue weighted by atomic mass is 10.4. The van der Waals surface area contributed by atoms with E-state index in [4.69, 9.17) is 0 Å². The third-order valence-electron chi connectivity index (χ3n) is 1.58. The fourth-order valence-electron chi connectivity index (χ4n) is 1.11. The zero-order chi connectivity index (χ0) is 7.84. The fraction of sp³-hybridized carbons (Fsp3) is 0.286. The van der Waals surface area contributed by atoms with Gasteiger partial charge >= 0.3 is 0 Å². The Hall–Kier alpha value is -1.45. The summed E-state index contributed by atoms with van der Waals surface area (Å²) >= 11 is 0. The summed E-state index contributed by atoms with van der Waals surface area (Å²) in [4.78, 5) is 15.3. The number of nitrogens with zero attached hydrogens (tertiary/aromatic N) is 3. The molecule has 0 aliphatic heterocycles. The van der Waals surface area contributed by atoms with Gasteiger partial charge in [0.2, 0.25) is 0 Å².